The van der Waals surface area contributed by atoms with Crippen LogP contribution in [0.1, 0.15) is 11.3 Å². The first-order valence-corrected chi connectivity index (χ1v) is 11.8. The number of halogens is 2. The molecule has 0 aliphatic rings. The minimum absolute atomic E-state index is 0.216. The van der Waals surface area contributed by atoms with Crippen molar-refractivity contribution in [3.05, 3.63) is 88.1 Å². The molecule has 3 N–H and O–H groups in total. The van der Waals surface area contributed by atoms with Gasteiger partial charge in [0.25, 0.3) is 5.56 Å². The van der Waals surface area contributed by atoms with Crippen LogP contribution in [0.2, 0.25) is 0 Å². The number of carbonyl (C=O) groups excluding carboxylic acids is 1. The zero-order valence-electron chi connectivity index (χ0n) is 17.6. The summed E-state index contributed by atoms with van der Waals surface area (Å²) in [6, 6.07) is 17.4. The molecule has 0 fully saturated rings. The van der Waals surface area contributed by atoms with Gasteiger partial charge in [0, 0.05) is 17.4 Å². The zero-order valence-corrected chi connectivity index (χ0v) is 19.7. The van der Waals surface area contributed by atoms with E-state index < -0.39 is 6.09 Å². The first-order valence-electron chi connectivity index (χ1n) is 10.3. The lowest BCUT2D eigenvalue weighted by molar-refractivity contribution is 0.184. The summed E-state index contributed by atoms with van der Waals surface area (Å²) in [5, 5.41) is 10.6. The third kappa shape index (κ3) is 4.36. The van der Waals surface area contributed by atoms with E-state index in [4.69, 9.17) is 4.74 Å². The number of hydrogen-bond donors (Lipinski definition) is 3. The topological polar surface area (TPSA) is 113 Å². The van der Waals surface area contributed by atoms with Crippen LogP contribution in [0.15, 0.2) is 65.5 Å². The van der Waals surface area contributed by atoms with Crippen molar-refractivity contribution >= 4 is 56.4 Å². The molecule has 2 heterocycles. The molecule has 34 heavy (non-hydrogen) atoms. The van der Waals surface area contributed by atoms with Gasteiger partial charge in [-0.05, 0) is 64.0 Å². The summed E-state index contributed by atoms with van der Waals surface area (Å²) in [6.45, 7) is 0. The fraction of sp³-hybridized carbons (Fsp3) is 0.0833. The van der Waals surface area contributed by atoms with Gasteiger partial charge in [-0.15, -0.1) is 0 Å². The predicted molar refractivity (Wildman–Crippen MR) is 136 cm³/mol. The maximum Gasteiger partial charge on any atom is 0.414 e. The average molecular weight is 569 g/mol. The molecule has 0 atom stereocenters. The number of nitrogens with one attached hydrogen (secondary N) is 3. The standard InChI is InChI=1S/C24H17FIN5O3/c25-18-7-5-13(10-20-15-3-1-2-4-16(15)22(32)31-30-20)9-17(18)14-6-8-19-21(11-14)28-23(27-19)29-24(33)34-12-26/h1-9,11H,10,12H2,(H,31,32)(H2,27,28,29,33). The maximum atomic E-state index is 14.8. The molecule has 1 amide bonds. The molecule has 5 rings (SSSR count). The molecule has 0 bridgehead atoms. The number of alkyl halides is 1. The van der Waals surface area contributed by atoms with Gasteiger partial charge >= 0.3 is 6.09 Å². The van der Waals surface area contributed by atoms with Crippen molar-refractivity contribution in [2.45, 2.75) is 6.42 Å². The summed E-state index contributed by atoms with van der Waals surface area (Å²) in [5.41, 5.74) is 3.62. The van der Waals surface area contributed by atoms with Crippen LogP contribution in [-0.2, 0) is 11.2 Å². The number of amides is 1. The van der Waals surface area contributed by atoms with E-state index in [1.807, 2.05) is 34.7 Å². The molecule has 8 nitrogen and oxygen atoms in total. The number of rotatable bonds is 5. The van der Waals surface area contributed by atoms with Crippen LogP contribution in [0.25, 0.3) is 32.9 Å². The minimum atomic E-state index is -0.615. The van der Waals surface area contributed by atoms with Crippen molar-refractivity contribution in [3.8, 4) is 11.1 Å². The quantitative estimate of drug-likeness (QED) is 0.201. The number of imidazole rings is 1. The van der Waals surface area contributed by atoms with E-state index in [0.717, 1.165) is 10.9 Å². The van der Waals surface area contributed by atoms with E-state index in [2.05, 4.69) is 25.5 Å². The van der Waals surface area contributed by atoms with Crippen molar-refractivity contribution in [3.63, 3.8) is 0 Å². The van der Waals surface area contributed by atoms with Gasteiger partial charge < -0.3 is 9.72 Å². The highest BCUT2D eigenvalue weighted by Crippen LogP contribution is 2.28. The Bertz CT molecular complexity index is 1600. The Morgan fingerprint density at radius 1 is 1.09 bits per heavy atom. The van der Waals surface area contributed by atoms with E-state index in [0.29, 0.717) is 39.7 Å². The SMILES string of the molecule is O=C(Nc1nc2ccc(-c3cc(Cc4n[nH]c(=O)c5ccccc45)ccc3F)cc2[nH]1)OCI. The number of benzene rings is 3. The number of aromatic nitrogens is 4. The summed E-state index contributed by atoms with van der Waals surface area (Å²) >= 11 is 1.92. The van der Waals surface area contributed by atoms with E-state index in [-0.39, 0.29) is 21.9 Å². The van der Waals surface area contributed by atoms with Gasteiger partial charge in [-0.1, -0.05) is 30.3 Å². The largest absolute Gasteiger partial charge is 0.439 e. The lowest BCUT2D eigenvalue weighted by Gasteiger charge is -2.09. The van der Waals surface area contributed by atoms with Crippen molar-refractivity contribution in [2.75, 3.05) is 9.93 Å². The smallest absolute Gasteiger partial charge is 0.414 e. The first kappa shape index (κ1) is 22.0. The molecule has 0 saturated heterocycles. The highest BCUT2D eigenvalue weighted by Gasteiger charge is 2.13. The summed E-state index contributed by atoms with van der Waals surface area (Å²) in [4.78, 5) is 31.0. The number of carbonyl (C=O) groups is 1. The van der Waals surface area contributed by atoms with E-state index in [1.165, 1.54) is 6.07 Å². The molecular weight excluding hydrogens is 552 g/mol. The van der Waals surface area contributed by atoms with Crippen LogP contribution in [0.4, 0.5) is 15.1 Å². The number of nitrogens with zero attached hydrogens (tertiary/aromatic N) is 2. The number of H-pyrrole nitrogens is 2. The number of anilines is 1. The molecular formula is C24H17FIN5O3. The normalized spacial score (nSPS) is 11.1. The molecule has 3 aromatic carbocycles. The minimum Gasteiger partial charge on any atom is -0.439 e. The Kier molecular flexibility index (Phi) is 5.97. The first-order chi connectivity index (χ1) is 16.5. The Balaban J connectivity index is 1.48. The molecule has 0 saturated carbocycles. The zero-order chi connectivity index (χ0) is 23.7. The van der Waals surface area contributed by atoms with Crippen LogP contribution in [0, 0.1) is 5.82 Å². The van der Waals surface area contributed by atoms with Crippen LogP contribution >= 0.6 is 22.6 Å². The summed E-state index contributed by atoms with van der Waals surface area (Å²) in [5.74, 6) is -0.127. The Morgan fingerprint density at radius 2 is 1.91 bits per heavy atom. The molecule has 2 aromatic heterocycles. The van der Waals surface area contributed by atoms with Gasteiger partial charge in [0.15, 0.2) is 0 Å². The van der Waals surface area contributed by atoms with Crippen molar-refractivity contribution in [2.24, 2.45) is 0 Å². The fourth-order valence-electron chi connectivity index (χ4n) is 3.82. The predicted octanol–water partition coefficient (Wildman–Crippen LogP) is 5.14. The van der Waals surface area contributed by atoms with Gasteiger partial charge in [-0.3, -0.25) is 10.1 Å². The second-order valence-corrected chi connectivity index (χ2v) is 8.14. The molecule has 0 radical (unpaired) electrons. The van der Waals surface area contributed by atoms with Crippen molar-refractivity contribution < 1.29 is 13.9 Å². The molecule has 5 aromatic rings. The van der Waals surface area contributed by atoms with Crippen LogP contribution in [-0.4, -0.2) is 30.9 Å². The van der Waals surface area contributed by atoms with Gasteiger partial charge in [0.2, 0.25) is 5.95 Å². The van der Waals surface area contributed by atoms with Gasteiger partial charge in [-0.2, -0.15) is 5.10 Å². The van der Waals surface area contributed by atoms with Crippen LogP contribution in [0.3, 0.4) is 0 Å². The second-order valence-electron chi connectivity index (χ2n) is 7.52. The van der Waals surface area contributed by atoms with Crippen LogP contribution in [0.5, 0.6) is 0 Å². The fourth-order valence-corrected chi connectivity index (χ4v) is 4.10. The lowest BCUT2D eigenvalue weighted by atomic mass is 9.98. The molecule has 0 unspecified atom stereocenters. The number of fused-ring (bicyclic) bond motifs is 2. The van der Waals surface area contributed by atoms with E-state index >= 15 is 0 Å². The van der Waals surface area contributed by atoms with Crippen LogP contribution < -0.4 is 10.9 Å². The van der Waals surface area contributed by atoms with E-state index in [1.54, 1.807) is 42.5 Å². The highest BCUT2D eigenvalue weighted by molar-refractivity contribution is 14.1. The summed E-state index contributed by atoms with van der Waals surface area (Å²) < 4.78 is 19.9. The number of aromatic amines is 2. The number of ether oxygens (including phenoxy) is 1. The number of hydrogen-bond acceptors (Lipinski definition) is 5. The summed E-state index contributed by atoms with van der Waals surface area (Å²) in [6.07, 6.45) is -0.194. The third-order valence-corrected chi connectivity index (χ3v) is 5.69. The molecule has 0 spiro atoms. The Hall–Kier alpha value is -3.80. The van der Waals surface area contributed by atoms with Gasteiger partial charge in [-0.25, -0.2) is 19.3 Å². The average Bonchev–Trinajstić information content (AvgIpc) is 3.23. The summed E-state index contributed by atoms with van der Waals surface area (Å²) in [7, 11) is 0. The second kappa shape index (κ2) is 9.21. The maximum absolute atomic E-state index is 14.8. The van der Waals surface area contributed by atoms with Gasteiger partial charge in [0.1, 0.15) is 10.4 Å². The lowest BCUT2D eigenvalue weighted by Crippen LogP contribution is -2.13. The van der Waals surface area contributed by atoms with Crippen molar-refractivity contribution in [1.29, 1.82) is 0 Å². The van der Waals surface area contributed by atoms with Crippen molar-refractivity contribution in [1.82, 2.24) is 20.2 Å². The Labute approximate surface area is 205 Å². The van der Waals surface area contributed by atoms with E-state index in [9.17, 15) is 14.0 Å². The molecule has 10 heteroatoms. The molecule has 0 aliphatic carbocycles. The highest BCUT2D eigenvalue weighted by atomic mass is 127. The molecule has 0 aliphatic heterocycles. The Morgan fingerprint density at radius 3 is 2.74 bits per heavy atom. The molecule has 170 valence electrons. The van der Waals surface area contributed by atoms with Gasteiger partial charge in [0.05, 0.1) is 22.1 Å². The third-order valence-electron chi connectivity index (χ3n) is 5.38. The monoisotopic (exact) mass is 569 g/mol.